The van der Waals surface area contributed by atoms with Gasteiger partial charge in [0.15, 0.2) is 0 Å². The molecule has 2 aromatic carbocycles. The maximum Gasteiger partial charge on any atom is 0.234 e. The molecule has 3 amide bonds. The number of methoxy groups -OCH3 is 1. The zero-order chi connectivity index (χ0) is 22.9. The van der Waals surface area contributed by atoms with Crippen LogP contribution in [0.5, 0.6) is 5.75 Å². The first-order valence-electron chi connectivity index (χ1n) is 10.0. The molecular formula is C22H25ClN4O4S. The third kappa shape index (κ3) is 7.74. The van der Waals surface area contributed by atoms with Crippen LogP contribution in [0.3, 0.4) is 0 Å². The normalized spacial score (nSPS) is 17.9. The fourth-order valence-corrected chi connectivity index (χ4v) is 4.25. The summed E-state index contributed by atoms with van der Waals surface area (Å²) in [6.45, 7) is 0.372. The van der Waals surface area contributed by atoms with E-state index in [1.165, 1.54) is 11.8 Å². The zero-order valence-corrected chi connectivity index (χ0v) is 19.1. The van der Waals surface area contributed by atoms with Crippen molar-refractivity contribution in [1.29, 1.82) is 0 Å². The number of rotatable bonds is 9. The second-order valence-corrected chi connectivity index (χ2v) is 8.75. The van der Waals surface area contributed by atoms with Gasteiger partial charge in [0.2, 0.25) is 17.7 Å². The number of amides is 3. The van der Waals surface area contributed by atoms with Crippen LogP contribution in [0.4, 0.5) is 5.69 Å². The van der Waals surface area contributed by atoms with Gasteiger partial charge in [-0.25, -0.2) is 0 Å². The molecule has 2 aromatic rings. The molecule has 0 aliphatic carbocycles. The predicted octanol–water partition coefficient (Wildman–Crippen LogP) is 2.49. The zero-order valence-electron chi connectivity index (χ0n) is 17.5. The molecule has 2 unspecified atom stereocenters. The number of ether oxygens (including phenoxy) is 1. The summed E-state index contributed by atoms with van der Waals surface area (Å²) >= 11 is 7.16. The van der Waals surface area contributed by atoms with E-state index in [9.17, 15) is 14.4 Å². The second kappa shape index (κ2) is 11.8. The number of benzene rings is 2. The van der Waals surface area contributed by atoms with Crippen molar-refractivity contribution in [3.05, 3.63) is 59.1 Å². The Kier molecular flexibility index (Phi) is 8.78. The Hall–Kier alpha value is -2.75. The minimum atomic E-state index is -0.461. The minimum absolute atomic E-state index is 0.124. The molecule has 32 heavy (non-hydrogen) atoms. The van der Waals surface area contributed by atoms with Crippen LogP contribution in [-0.4, -0.2) is 42.1 Å². The van der Waals surface area contributed by atoms with Gasteiger partial charge in [-0.3, -0.25) is 19.7 Å². The highest BCUT2D eigenvalue weighted by atomic mass is 35.5. The van der Waals surface area contributed by atoms with Crippen LogP contribution in [0.15, 0.2) is 48.5 Å². The first-order valence-corrected chi connectivity index (χ1v) is 11.5. The van der Waals surface area contributed by atoms with Crippen LogP contribution in [0, 0.1) is 0 Å². The maximum absolute atomic E-state index is 12.4. The quantitative estimate of drug-likeness (QED) is 0.443. The van der Waals surface area contributed by atoms with Gasteiger partial charge in [-0.05, 0) is 35.9 Å². The molecule has 0 bridgehead atoms. The Morgan fingerprint density at radius 3 is 2.78 bits per heavy atom. The van der Waals surface area contributed by atoms with E-state index in [1.54, 1.807) is 31.4 Å². The molecule has 1 saturated heterocycles. The van der Waals surface area contributed by atoms with Crippen molar-refractivity contribution in [1.82, 2.24) is 16.0 Å². The number of thioether (sulfide) groups is 1. The predicted molar refractivity (Wildman–Crippen MR) is 125 cm³/mol. The van der Waals surface area contributed by atoms with Gasteiger partial charge < -0.3 is 20.7 Å². The molecule has 1 aliphatic heterocycles. The molecule has 3 rings (SSSR count). The van der Waals surface area contributed by atoms with Crippen LogP contribution in [0.2, 0.25) is 5.02 Å². The van der Waals surface area contributed by atoms with E-state index in [2.05, 4.69) is 21.3 Å². The smallest absolute Gasteiger partial charge is 0.234 e. The molecule has 0 aromatic heterocycles. The fraction of sp³-hybridized carbons (Fsp3) is 0.318. The summed E-state index contributed by atoms with van der Waals surface area (Å²) in [5, 5.41) is 12.1. The first kappa shape index (κ1) is 23.9. The Bertz CT molecular complexity index is 974. The van der Waals surface area contributed by atoms with E-state index in [-0.39, 0.29) is 42.4 Å². The van der Waals surface area contributed by atoms with E-state index in [0.717, 1.165) is 11.3 Å². The van der Waals surface area contributed by atoms with E-state index in [0.29, 0.717) is 17.3 Å². The lowest BCUT2D eigenvalue weighted by Crippen LogP contribution is -2.56. The highest BCUT2D eigenvalue weighted by Gasteiger charge is 2.28. The lowest BCUT2D eigenvalue weighted by atomic mass is 10.1. The lowest BCUT2D eigenvalue weighted by Gasteiger charge is -2.30. The Morgan fingerprint density at radius 1 is 1.19 bits per heavy atom. The number of carbonyl (C=O) groups excluding carboxylic acids is 3. The van der Waals surface area contributed by atoms with Crippen LogP contribution in [0.25, 0.3) is 0 Å². The highest BCUT2D eigenvalue weighted by molar-refractivity contribution is 8.00. The molecule has 10 heteroatoms. The second-order valence-electron chi connectivity index (χ2n) is 7.22. The van der Waals surface area contributed by atoms with Gasteiger partial charge in [0.25, 0.3) is 0 Å². The van der Waals surface area contributed by atoms with Gasteiger partial charge in [-0.15, -0.1) is 11.8 Å². The molecular weight excluding hydrogens is 452 g/mol. The molecule has 0 spiro atoms. The molecule has 8 nitrogen and oxygen atoms in total. The van der Waals surface area contributed by atoms with Crippen LogP contribution in [-0.2, 0) is 20.9 Å². The third-order valence-corrected chi connectivity index (χ3v) is 5.91. The van der Waals surface area contributed by atoms with Gasteiger partial charge >= 0.3 is 0 Å². The summed E-state index contributed by atoms with van der Waals surface area (Å²) in [5.74, 6) is 0.303. The lowest BCUT2D eigenvalue weighted by molar-refractivity contribution is -0.125. The number of hydrogen-bond donors (Lipinski definition) is 4. The fourth-order valence-electron chi connectivity index (χ4n) is 3.17. The van der Waals surface area contributed by atoms with Crippen molar-refractivity contribution in [2.24, 2.45) is 0 Å². The summed E-state index contributed by atoms with van der Waals surface area (Å²) in [5.41, 5.74) is 1.07. The van der Waals surface area contributed by atoms with Gasteiger partial charge in [-0.2, -0.15) is 0 Å². The molecule has 1 heterocycles. The Balaban J connectivity index is 1.43. The number of nitrogens with one attached hydrogen (secondary N) is 4. The molecule has 4 N–H and O–H groups in total. The Morgan fingerprint density at radius 2 is 2.00 bits per heavy atom. The highest BCUT2D eigenvalue weighted by Crippen LogP contribution is 2.17. The topological polar surface area (TPSA) is 109 Å². The first-order chi connectivity index (χ1) is 15.4. The SMILES string of the molecule is COc1cccc(CNC(=O)CC2CC(=O)NC(SCC(=O)Nc3cccc(Cl)c3)N2)c1. The monoisotopic (exact) mass is 476 g/mol. The van der Waals surface area contributed by atoms with Gasteiger partial charge in [0.1, 0.15) is 11.2 Å². The summed E-state index contributed by atoms with van der Waals surface area (Å²) in [4.78, 5) is 36.6. The van der Waals surface area contributed by atoms with E-state index in [4.69, 9.17) is 16.3 Å². The van der Waals surface area contributed by atoms with Gasteiger partial charge in [0.05, 0.1) is 12.9 Å². The number of hydrogen-bond acceptors (Lipinski definition) is 6. The summed E-state index contributed by atoms with van der Waals surface area (Å²) < 4.78 is 5.18. The van der Waals surface area contributed by atoms with Crippen molar-refractivity contribution in [2.45, 2.75) is 30.9 Å². The van der Waals surface area contributed by atoms with Crippen molar-refractivity contribution < 1.29 is 19.1 Å². The van der Waals surface area contributed by atoms with Crippen LogP contribution in [0.1, 0.15) is 18.4 Å². The molecule has 2 atom stereocenters. The van der Waals surface area contributed by atoms with Crippen molar-refractivity contribution >= 4 is 46.8 Å². The number of carbonyl (C=O) groups is 3. The Labute approximate surface area is 195 Å². The molecule has 170 valence electrons. The summed E-state index contributed by atoms with van der Waals surface area (Å²) in [6, 6.07) is 14.0. The number of anilines is 1. The number of halogens is 1. The average Bonchev–Trinajstić information content (AvgIpc) is 2.76. The summed E-state index contributed by atoms with van der Waals surface area (Å²) in [6.07, 6.45) is 0.349. The standard InChI is InChI=1S/C22H25ClN4O4S/c1-31-18-7-2-4-14(8-18)12-24-19(28)10-17-11-20(29)27-22(26-17)32-13-21(30)25-16-6-3-5-15(23)9-16/h2-9,17,22,26H,10-13H2,1H3,(H,24,28)(H,25,30)(H,27,29). The third-order valence-electron chi connectivity index (χ3n) is 4.66. The van der Waals surface area contributed by atoms with E-state index >= 15 is 0 Å². The van der Waals surface area contributed by atoms with E-state index in [1.807, 2.05) is 24.3 Å². The van der Waals surface area contributed by atoms with Crippen molar-refractivity contribution in [3.63, 3.8) is 0 Å². The molecule has 1 aliphatic rings. The molecule has 0 saturated carbocycles. The van der Waals surface area contributed by atoms with Crippen LogP contribution < -0.4 is 26.0 Å². The van der Waals surface area contributed by atoms with Crippen molar-refractivity contribution in [3.8, 4) is 5.75 Å². The van der Waals surface area contributed by atoms with Crippen molar-refractivity contribution in [2.75, 3.05) is 18.2 Å². The van der Waals surface area contributed by atoms with E-state index < -0.39 is 5.50 Å². The average molecular weight is 477 g/mol. The largest absolute Gasteiger partial charge is 0.497 e. The molecule has 1 fully saturated rings. The minimum Gasteiger partial charge on any atom is -0.497 e. The summed E-state index contributed by atoms with van der Waals surface area (Å²) in [7, 11) is 1.59. The van der Waals surface area contributed by atoms with Gasteiger partial charge in [0, 0.05) is 36.1 Å². The van der Waals surface area contributed by atoms with Gasteiger partial charge in [-0.1, -0.05) is 29.8 Å². The van der Waals surface area contributed by atoms with Crippen LogP contribution >= 0.6 is 23.4 Å². The molecule has 0 radical (unpaired) electrons. The maximum atomic E-state index is 12.4.